The molecule has 1 amide bonds. The summed E-state index contributed by atoms with van der Waals surface area (Å²) in [5, 5.41) is 0. The van der Waals surface area contributed by atoms with Crippen molar-refractivity contribution in [2.45, 2.75) is 26.7 Å². The molecular formula is C12H24N2O3. The summed E-state index contributed by atoms with van der Waals surface area (Å²) in [6.45, 7) is 4.66. The van der Waals surface area contributed by atoms with Crippen LogP contribution >= 0.6 is 0 Å². The van der Waals surface area contributed by atoms with Crippen LogP contribution in [0.15, 0.2) is 0 Å². The Kier molecular flexibility index (Phi) is 7.54. The fraction of sp³-hybridized carbons (Fsp3) is 0.833. The molecule has 5 heteroatoms. The van der Waals surface area contributed by atoms with Crippen LogP contribution in [0, 0.1) is 11.8 Å². The van der Waals surface area contributed by atoms with Gasteiger partial charge >= 0.3 is 5.97 Å². The van der Waals surface area contributed by atoms with E-state index in [0.29, 0.717) is 19.5 Å². The number of esters is 1. The number of nitrogens with zero attached hydrogens (tertiary/aromatic N) is 1. The van der Waals surface area contributed by atoms with E-state index in [1.54, 1.807) is 18.9 Å². The second kappa shape index (κ2) is 8.06. The van der Waals surface area contributed by atoms with Crippen molar-refractivity contribution in [2.75, 3.05) is 27.2 Å². The van der Waals surface area contributed by atoms with E-state index >= 15 is 0 Å². The van der Waals surface area contributed by atoms with Gasteiger partial charge in [0.2, 0.25) is 5.91 Å². The zero-order valence-electron chi connectivity index (χ0n) is 11.2. The van der Waals surface area contributed by atoms with Crippen LogP contribution in [0.25, 0.3) is 0 Å². The van der Waals surface area contributed by atoms with Gasteiger partial charge in [-0.1, -0.05) is 20.3 Å². The van der Waals surface area contributed by atoms with E-state index in [0.717, 1.165) is 6.42 Å². The van der Waals surface area contributed by atoms with Gasteiger partial charge < -0.3 is 15.4 Å². The summed E-state index contributed by atoms with van der Waals surface area (Å²) in [6.07, 6.45) is 1.33. The van der Waals surface area contributed by atoms with Crippen LogP contribution in [0.2, 0.25) is 0 Å². The highest BCUT2D eigenvalue weighted by molar-refractivity contribution is 5.77. The molecule has 0 spiro atoms. The molecule has 0 saturated carbocycles. The van der Waals surface area contributed by atoms with Crippen LogP contribution in [0.4, 0.5) is 0 Å². The normalized spacial score (nSPS) is 13.9. The highest BCUT2D eigenvalue weighted by atomic mass is 16.5. The molecule has 2 unspecified atom stereocenters. The lowest BCUT2D eigenvalue weighted by atomic mass is 10.0. The molecule has 2 N–H and O–H groups in total. The van der Waals surface area contributed by atoms with E-state index in [1.807, 2.05) is 6.92 Å². The first-order valence-electron chi connectivity index (χ1n) is 5.98. The van der Waals surface area contributed by atoms with Gasteiger partial charge in [0.05, 0.1) is 13.0 Å². The fourth-order valence-electron chi connectivity index (χ4n) is 1.59. The second-order valence-corrected chi connectivity index (χ2v) is 4.41. The molecule has 0 radical (unpaired) electrons. The molecule has 0 bridgehead atoms. The van der Waals surface area contributed by atoms with Gasteiger partial charge in [-0.25, -0.2) is 0 Å². The summed E-state index contributed by atoms with van der Waals surface area (Å²) < 4.78 is 4.62. The fourth-order valence-corrected chi connectivity index (χ4v) is 1.59. The van der Waals surface area contributed by atoms with Crippen LogP contribution in [-0.4, -0.2) is 44.0 Å². The van der Waals surface area contributed by atoms with Gasteiger partial charge in [0.25, 0.3) is 0 Å². The minimum atomic E-state index is -0.299. The number of methoxy groups -OCH3 is 1. The number of carbonyl (C=O) groups excluding carboxylic acids is 2. The Balaban J connectivity index is 4.17. The van der Waals surface area contributed by atoms with E-state index in [-0.39, 0.29) is 23.7 Å². The second-order valence-electron chi connectivity index (χ2n) is 4.41. The number of nitrogens with two attached hydrogens (primary N) is 1. The first kappa shape index (κ1) is 15.9. The number of hydrogen-bond donors (Lipinski definition) is 1. The van der Waals surface area contributed by atoms with Gasteiger partial charge in [0.15, 0.2) is 0 Å². The van der Waals surface area contributed by atoms with Crippen LogP contribution in [-0.2, 0) is 14.3 Å². The van der Waals surface area contributed by atoms with Crippen LogP contribution < -0.4 is 5.73 Å². The number of hydrogen-bond acceptors (Lipinski definition) is 4. The van der Waals surface area contributed by atoms with E-state index in [1.165, 1.54) is 7.11 Å². The van der Waals surface area contributed by atoms with Crippen molar-refractivity contribution in [2.24, 2.45) is 17.6 Å². The Hall–Kier alpha value is -1.10. The number of carbonyl (C=O) groups is 2. The predicted molar refractivity (Wildman–Crippen MR) is 66.3 cm³/mol. The summed E-state index contributed by atoms with van der Waals surface area (Å²) in [5.41, 5.74) is 5.56. The molecule has 0 aromatic heterocycles. The molecule has 0 rings (SSSR count). The van der Waals surface area contributed by atoms with Gasteiger partial charge in [-0.15, -0.1) is 0 Å². The third-order valence-electron chi connectivity index (χ3n) is 2.95. The van der Waals surface area contributed by atoms with Crippen molar-refractivity contribution in [1.82, 2.24) is 4.90 Å². The molecule has 5 nitrogen and oxygen atoms in total. The monoisotopic (exact) mass is 244 g/mol. The third kappa shape index (κ3) is 5.68. The summed E-state index contributed by atoms with van der Waals surface area (Å²) >= 11 is 0. The standard InChI is InChI=1S/C12H24N2O3/c1-5-10(7-13)6-11(15)14(3)8-9(2)12(16)17-4/h9-10H,5-8,13H2,1-4H3. The lowest BCUT2D eigenvalue weighted by molar-refractivity contribution is -0.146. The molecule has 0 aromatic rings. The van der Waals surface area contributed by atoms with Gasteiger partial charge in [0.1, 0.15) is 0 Å². The Bertz CT molecular complexity index is 252. The lowest BCUT2D eigenvalue weighted by Crippen LogP contribution is -2.35. The molecule has 0 aromatic carbocycles. The van der Waals surface area contributed by atoms with Crippen molar-refractivity contribution in [3.8, 4) is 0 Å². The average molecular weight is 244 g/mol. The first-order valence-corrected chi connectivity index (χ1v) is 5.98. The summed E-state index contributed by atoms with van der Waals surface area (Å²) in [7, 11) is 3.05. The van der Waals surface area contributed by atoms with Crippen LogP contribution in [0.5, 0.6) is 0 Å². The molecular weight excluding hydrogens is 220 g/mol. The highest BCUT2D eigenvalue weighted by Crippen LogP contribution is 2.09. The lowest BCUT2D eigenvalue weighted by Gasteiger charge is -2.22. The number of amides is 1. The van der Waals surface area contributed by atoms with E-state index in [4.69, 9.17) is 5.73 Å². The van der Waals surface area contributed by atoms with Crippen molar-refractivity contribution in [3.05, 3.63) is 0 Å². The minimum Gasteiger partial charge on any atom is -0.469 e. The molecule has 0 saturated heterocycles. The summed E-state index contributed by atoms with van der Waals surface area (Å²) in [6, 6.07) is 0. The van der Waals surface area contributed by atoms with Crippen LogP contribution in [0.3, 0.4) is 0 Å². The third-order valence-corrected chi connectivity index (χ3v) is 2.95. The zero-order valence-corrected chi connectivity index (χ0v) is 11.2. The summed E-state index contributed by atoms with van der Waals surface area (Å²) in [4.78, 5) is 24.6. The molecule has 0 fully saturated rings. The molecule has 0 aliphatic rings. The van der Waals surface area contributed by atoms with Gasteiger partial charge in [-0.05, 0) is 12.5 Å². The largest absolute Gasteiger partial charge is 0.469 e. The van der Waals surface area contributed by atoms with Crippen molar-refractivity contribution < 1.29 is 14.3 Å². The molecule has 0 heterocycles. The maximum absolute atomic E-state index is 11.8. The molecule has 100 valence electrons. The SMILES string of the molecule is CCC(CN)CC(=O)N(C)CC(C)C(=O)OC. The molecule has 0 aliphatic heterocycles. The van der Waals surface area contributed by atoms with E-state index in [2.05, 4.69) is 4.74 Å². The van der Waals surface area contributed by atoms with E-state index in [9.17, 15) is 9.59 Å². The van der Waals surface area contributed by atoms with Crippen molar-refractivity contribution >= 4 is 11.9 Å². The van der Waals surface area contributed by atoms with Gasteiger partial charge in [-0.3, -0.25) is 9.59 Å². The Morgan fingerprint density at radius 2 is 2.00 bits per heavy atom. The van der Waals surface area contributed by atoms with Crippen LogP contribution in [0.1, 0.15) is 26.7 Å². The number of rotatable bonds is 7. The van der Waals surface area contributed by atoms with Crippen molar-refractivity contribution in [1.29, 1.82) is 0 Å². The van der Waals surface area contributed by atoms with E-state index < -0.39 is 0 Å². The Morgan fingerprint density at radius 1 is 1.41 bits per heavy atom. The average Bonchev–Trinajstić information content (AvgIpc) is 2.34. The zero-order chi connectivity index (χ0) is 13.4. The Labute approximate surface area is 103 Å². The molecule has 17 heavy (non-hydrogen) atoms. The van der Waals surface area contributed by atoms with Crippen molar-refractivity contribution in [3.63, 3.8) is 0 Å². The van der Waals surface area contributed by atoms with Gasteiger partial charge in [-0.2, -0.15) is 0 Å². The quantitative estimate of drug-likeness (QED) is 0.667. The minimum absolute atomic E-state index is 0.0260. The molecule has 2 atom stereocenters. The van der Waals surface area contributed by atoms with Gasteiger partial charge in [0, 0.05) is 20.0 Å². The smallest absolute Gasteiger partial charge is 0.310 e. The summed E-state index contributed by atoms with van der Waals surface area (Å²) in [5.74, 6) is -0.348. The predicted octanol–water partition coefficient (Wildman–Crippen LogP) is 0.629. The maximum atomic E-state index is 11.8. The maximum Gasteiger partial charge on any atom is 0.310 e. The topological polar surface area (TPSA) is 72.6 Å². The number of ether oxygens (including phenoxy) is 1. The highest BCUT2D eigenvalue weighted by Gasteiger charge is 2.20. The Morgan fingerprint density at radius 3 is 2.41 bits per heavy atom. The first-order chi connectivity index (χ1) is 7.96. The molecule has 0 aliphatic carbocycles.